The third-order valence-corrected chi connectivity index (χ3v) is 5.59. The van der Waals surface area contributed by atoms with Crippen molar-refractivity contribution in [1.29, 1.82) is 5.26 Å². The molecule has 1 atom stereocenters. The van der Waals surface area contributed by atoms with Crippen LogP contribution in [0, 0.1) is 18.3 Å². The average Bonchev–Trinajstić information content (AvgIpc) is 3.24. The summed E-state index contributed by atoms with van der Waals surface area (Å²) in [7, 11) is 0. The standard InChI is InChI=1S/C23H19BrN6O/c1-14-4-3-9-30-19(13-26-22(14)30)21-18(11-25)12-27-23(29-21)28-15(2)16-5-7-17(8-6-16)20(31)10-24/h3-9,12-13,15H,10H2,1-2H3,(H,27,28,29)/t15-/m0/s1. The van der Waals surface area contributed by atoms with Crippen molar-refractivity contribution in [3.8, 4) is 17.5 Å². The predicted molar refractivity (Wildman–Crippen MR) is 122 cm³/mol. The molecule has 0 saturated carbocycles. The molecule has 154 valence electrons. The first-order valence-electron chi connectivity index (χ1n) is 9.67. The summed E-state index contributed by atoms with van der Waals surface area (Å²) in [5, 5.41) is 13.1. The smallest absolute Gasteiger partial charge is 0.223 e. The number of alkyl halides is 1. The van der Waals surface area contributed by atoms with Crippen LogP contribution in [0.25, 0.3) is 17.0 Å². The number of anilines is 1. The van der Waals surface area contributed by atoms with Gasteiger partial charge in [-0.2, -0.15) is 5.26 Å². The molecule has 4 rings (SSSR count). The molecule has 0 aliphatic carbocycles. The minimum absolute atomic E-state index is 0.0375. The highest BCUT2D eigenvalue weighted by Crippen LogP contribution is 2.25. The molecule has 3 heterocycles. The van der Waals surface area contributed by atoms with Gasteiger partial charge in [0.25, 0.3) is 0 Å². The largest absolute Gasteiger partial charge is 0.348 e. The molecule has 0 aliphatic rings. The van der Waals surface area contributed by atoms with E-state index in [9.17, 15) is 10.1 Å². The number of pyridine rings is 1. The number of aromatic nitrogens is 4. The molecule has 8 heteroatoms. The minimum atomic E-state index is -0.0988. The van der Waals surface area contributed by atoms with Crippen LogP contribution in [0.15, 0.2) is 55.0 Å². The van der Waals surface area contributed by atoms with Crippen LogP contribution in [0.3, 0.4) is 0 Å². The van der Waals surface area contributed by atoms with Crippen molar-refractivity contribution in [2.45, 2.75) is 19.9 Å². The number of imidazole rings is 1. The van der Waals surface area contributed by atoms with Gasteiger partial charge < -0.3 is 5.32 Å². The van der Waals surface area contributed by atoms with Gasteiger partial charge in [-0.3, -0.25) is 9.20 Å². The SMILES string of the molecule is Cc1cccn2c(-c3nc(N[C@@H](C)c4ccc(C(=O)CBr)cc4)ncc3C#N)cnc12. The zero-order chi connectivity index (χ0) is 22.0. The molecule has 0 spiro atoms. The van der Waals surface area contributed by atoms with Crippen LogP contribution in [-0.4, -0.2) is 30.5 Å². The van der Waals surface area contributed by atoms with Crippen molar-refractivity contribution < 1.29 is 4.79 Å². The molecule has 0 unspecified atom stereocenters. The van der Waals surface area contributed by atoms with Crippen LogP contribution in [-0.2, 0) is 0 Å². The molecule has 0 saturated heterocycles. The van der Waals surface area contributed by atoms with Gasteiger partial charge in [0.1, 0.15) is 17.4 Å². The second-order valence-electron chi connectivity index (χ2n) is 7.14. The van der Waals surface area contributed by atoms with E-state index >= 15 is 0 Å². The van der Waals surface area contributed by atoms with Gasteiger partial charge in [0, 0.05) is 11.8 Å². The molecule has 0 bridgehead atoms. The summed E-state index contributed by atoms with van der Waals surface area (Å²) in [6, 6.07) is 13.4. The zero-order valence-electron chi connectivity index (χ0n) is 17.0. The number of nitriles is 1. The highest BCUT2D eigenvalue weighted by molar-refractivity contribution is 9.09. The number of rotatable bonds is 6. The van der Waals surface area contributed by atoms with Crippen molar-refractivity contribution in [1.82, 2.24) is 19.4 Å². The highest BCUT2D eigenvalue weighted by Gasteiger charge is 2.16. The summed E-state index contributed by atoms with van der Waals surface area (Å²) < 4.78 is 1.92. The van der Waals surface area contributed by atoms with Crippen molar-refractivity contribution in [2.24, 2.45) is 0 Å². The molecule has 1 N–H and O–H groups in total. The number of benzene rings is 1. The molecule has 4 aromatic rings. The van der Waals surface area contributed by atoms with Gasteiger partial charge in [-0.25, -0.2) is 15.0 Å². The lowest BCUT2D eigenvalue weighted by Gasteiger charge is -2.15. The van der Waals surface area contributed by atoms with Gasteiger partial charge in [0.05, 0.1) is 35.0 Å². The lowest BCUT2D eigenvalue weighted by molar-refractivity contribution is 0.102. The van der Waals surface area contributed by atoms with E-state index in [0.29, 0.717) is 28.1 Å². The quantitative estimate of drug-likeness (QED) is 0.320. The molecule has 7 nitrogen and oxygen atoms in total. The maximum absolute atomic E-state index is 11.8. The number of nitrogens with zero attached hydrogens (tertiary/aromatic N) is 5. The molecule has 31 heavy (non-hydrogen) atoms. The van der Waals surface area contributed by atoms with E-state index < -0.39 is 0 Å². The van der Waals surface area contributed by atoms with Gasteiger partial charge in [0.15, 0.2) is 5.78 Å². The molecule has 3 aromatic heterocycles. The summed E-state index contributed by atoms with van der Waals surface area (Å²) >= 11 is 3.19. The van der Waals surface area contributed by atoms with Crippen LogP contribution in [0.4, 0.5) is 5.95 Å². The Hall–Kier alpha value is -3.57. The van der Waals surface area contributed by atoms with Crippen molar-refractivity contribution >= 4 is 33.3 Å². The van der Waals surface area contributed by atoms with E-state index in [1.54, 1.807) is 6.20 Å². The Balaban J connectivity index is 1.65. The van der Waals surface area contributed by atoms with Crippen molar-refractivity contribution in [3.05, 3.63) is 77.2 Å². The van der Waals surface area contributed by atoms with E-state index in [1.165, 1.54) is 6.20 Å². The van der Waals surface area contributed by atoms with E-state index in [1.807, 2.05) is 60.8 Å². The number of fused-ring (bicyclic) bond motifs is 1. The minimum Gasteiger partial charge on any atom is -0.348 e. The number of hydrogen-bond acceptors (Lipinski definition) is 6. The molecular formula is C23H19BrN6O. The second kappa shape index (κ2) is 8.66. The Labute approximate surface area is 187 Å². The molecule has 1 aromatic carbocycles. The Morgan fingerprint density at radius 2 is 2.00 bits per heavy atom. The third kappa shape index (κ3) is 4.05. The normalized spacial score (nSPS) is 11.8. The highest BCUT2D eigenvalue weighted by atomic mass is 79.9. The van der Waals surface area contributed by atoms with Gasteiger partial charge in [0.2, 0.25) is 5.95 Å². The van der Waals surface area contributed by atoms with Crippen molar-refractivity contribution in [2.75, 3.05) is 10.6 Å². The summed E-state index contributed by atoms with van der Waals surface area (Å²) in [4.78, 5) is 25.2. The fraction of sp³-hybridized carbons (Fsp3) is 0.174. The van der Waals surface area contributed by atoms with Crippen LogP contribution in [0.2, 0.25) is 0 Å². The maximum atomic E-state index is 11.8. The van der Waals surface area contributed by atoms with Crippen LogP contribution < -0.4 is 5.32 Å². The molecular weight excluding hydrogens is 456 g/mol. The summed E-state index contributed by atoms with van der Waals surface area (Å²) in [6.45, 7) is 3.98. The van der Waals surface area contributed by atoms with E-state index in [0.717, 1.165) is 22.5 Å². The Kier molecular flexibility index (Phi) is 5.78. The lowest BCUT2D eigenvalue weighted by atomic mass is 10.0. The second-order valence-corrected chi connectivity index (χ2v) is 7.70. The molecule has 0 fully saturated rings. The Morgan fingerprint density at radius 1 is 1.23 bits per heavy atom. The predicted octanol–water partition coefficient (Wildman–Crippen LogP) is 4.72. The number of ketones is 1. The van der Waals surface area contributed by atoms with Crippen LogP contribution >= 0.6 is 15.9 Å². The number of Topliss-reactive ketones (excluding diaryl/α,β-unsaturated/α-hetero) is 1. The number of aryl methyl sites for hydroxylation is 1. The number of nitrogens with one attached hydrogen (secondary N) is 1. The first-order valence-corrected chi connectivity index (χ1v) is 10.8. The number of hydrogen-bond donors (Lipinski definition) is 1. The number of halogens is 1. The zero-order valence-corrected chi connectivity index (χ0v) is 18.6. The summed E-state index contributed by atoms with van der Waals surface area (Å²) in [6.07, 6.45) is 5.14. The Morgan fingerprint density at radius 3 is 2.71 bits per heavy atom. The van der Waals surface area contributed by atoms with Gasteiger partial charge in [-0.1, -0.05) is 46.3 Å². The number of carbonyl (C=O) groups is 1. The van der Waals surface area contributed by atoms with Crippen LogP contribution in [0.1, 0.15) is 40.0 Å². The molecule has 0 radical (unpaired) electrons. The van der Waals surface area contributed by atoms with Gasteiger partial charge in [-0.15, -0.1) is 0 Å². The lowest BCUT2D eigenvalue weighted by Crippen LogP contribution is -2.11. The fourth-order valence-electron chi connectivity index (χ4n) is 3.37. The summed E-state index contributed by atoms with van der Waals surface area (Å²) in [5.41, 5.74) is 5.13. The third-order valence-electron chi connectivity index (χ3n) is 5.08. The fourth-order valence-corrected chi connectivity index (χ4v) is 3.69. The first-order chi connectivity index (χ1) is 15.0. The van der Waals surface area contributed by atoms with Crippen molar-refractivity contribution in [3.63, 3.8) is 0 Å². The molecule has 0 amide bonds. The monoisotopic (exact) mass is 474 g/mol. The van der Waals surface area contributed by atoms with E-state index in [2.05, 4.69) is 42.3 Å². The summed E-state index contributed by atoms with van der Waals surface area (Å²) in [5.74, 6) is 0.445. The average molecular weight is 475 g/mol. The topological polar surface area (TPSA) is 96.0 Å². The van der Waals surface area contributed by atoms with E-state index in [-0.39, 0.29) is 11.8 Å². The van der Waals surface area contributed by atoms with Gasteiger partial charge >= 0.3 is 0 Å². The van der Waals surface area contributed by atoms with Crippen LogP contribution in [0.5, 0.6) is 0 Å². The number of carbonyl (C=O) groups excluding carboxylic acids is 1. The molecule has 0 aliphatic heterocycles. The van der Waals surface area contributed by atoms with Gasteiger partial charge in [-0.05, 0) is 31.0 Å². The maximum Gasteiger partial charge on any atom is 0.223 e. The van der Waals surface area contributed by atoms with E-state index in [4.69, 9.17) is 0 Å². The Bertz CT molecular complexity index is 1310. The first kappa shape index (κ1) is 20.7.